The molecule has 3 rings (SSSR count). The van der Waals surface area contributed by atoms with Crippen molar-refractivity contribution in [2.75, 3.05) is 12.4 Å². The van der Waals surface area contributed by atoms with E-state index < -0.39 is 16.4 Å². The standard InChI is InChI=1S/C18H17FN2O3S/c1-12-10-14(4-7-16(12)19)18-11-17(20-21-18)13-2-5-15(6-3-13)25(23,24)9-8-22/h2-7,10-11,22H,8-9H2,1H3,(H,20,21). The van der Waals surface area contributed by atoms with Gasteiger partial charge in [-0.05, 0) is 54.4 Å². The summed E-state index contributed by atoms with van der Waals surface area (Å²) >= 11 is 0. The van der Waals surface area contributed by atoms with Crippen LogP contribution in [0.1, 0.15) is 5.56 Å². The summed E-state index contributed by atoms with van der Waals surface area (Å²) in [5.41, 5.74) is 3.52. The van der Waals surface area contributed by atoms with Crippen LogP contribution in [0, 0.1) is 12.7 Å². The third-order valence-electron chi connectivity index (χ3n) is 3.92. The summed E-state index contributed by atoms with van der Waals surface area (Å²) in [5.74, 6) is -0.566. The van der Waals surface area contributed by atoms with Crippen LogP contribution in [-0.4, -0.2) is 36.1 Å². The third-order valence-corrected chi connectivity index (χ3v) is 5.63. The number of sulfone groups is 1. The van der Waals surface area contributed by atoms with Crippen molar-refractivity contribution in [3.63, 3.8) is 0 Å². The highest BCUT2D eigenvalue weighted by Crippen LogP contribution is 2.26. The lowest BCUT2D eigenvalue weighted by atomic mass is 10.1. The van der Waals surface area contributed by atoms with Crippen LogP contribution in [0.15, 0.2) is 53.4 Å². The van der Waals surface area contributed by atoms with Gasteiger partial charge in [-0.2, -0.15) is 5.10 Å². The maximum atomic E-state index is 13.4. The number of hydrogen-bond donors (Lipinski definition) is 2. The minimum atomic E-state index is -3.47. The molecule has 0 saturated carbocycles. The van der Waals surface area contributed by atoms with Crippen LogP contribution in [0.25, 0.3) is 22.5 Å². The summed E-state index contributed by atoms with van der Waals surface area (Å²) in [6, 6.07) is 13.0. The average molecular weight is 360 g/mol. The zero-order chi connectivity index (χ0) is 18.0. The van der Waals surface area contributed by atoms with Crippen LogP contribution in [0.2, 0.25) is 0 Å². The van der Waals surface area contributed by atoms with E-state index in [-0.39, 0.29) is 16.5 Å². The predicted molar refractivity (Wildman–Crippen MR) is 93.3 cm³/mol. The minimum Gasteiger partial charge on any atom is -0.395 e. The van der Waals surface area contributed by atoms with E-state index in [1.807, 2.05) is 6.07 Å². The van der Waals surface area contributed by atoms with Gasteiger partial charge >= 0.3 is 0 Å². The molecule has 0 atom stereocenters. The fourth-order valence-corrected chi connectivity index (χ4v) is 3.53. The van der Waals surface area contributed by atoms with Gasteiger partial charge in [-0.25, -0.2) is 12.8 Å². The molecule has 25 heavy (non-hydrogen) atoms. The zero-order valence-corrected chi connectivity index (χ0v) is 14.3. The first-order valence-corrected chi connectivity index (χ1v) is 9.32. The Labute approximate surface area is 145 Å². The number of aliphatic hydroxyl groups excluding tert-OH is 1. The number of benzene rings is 2. The molecule has 0 fully saturated rings. The first-order chi connectivity index (χ1) is 11.9. The summed E-state index contributed by atoms with van der Waals surface area (Å²) in [4.78, 5) is 0.166. The highest BCUT2D eigenvalue weighted by Gasteiger charge is 2.14. The normalized spacial score (nSPS) is 11.6. The SMILES string of the molecule is Cc1cc(-c2cc(-c3ccc(S(=O)(=O)CCO)cc3)[nH]n2)ccc1F. The van der Waals surface area contributed by atoms with Crippen molar-refractivity contribution < 1.29 is 17.9 Å². The third kappa shape index (κ3) is 3.62. The molecular formula is C18H17FN2O3S. The largest absolute Gasteiger partial charge is 0.395 e. The summed E-state index contributed by atoms with van der Waals surface area (Å²) in [6.07, 6.45) is 0. The molecule has 0 amide bonds. The van der Waals surface area contributed by atoms with Crippen molar-refractivity contribution in [1.82, 2.24) is 10.2 Å². The molecule has 0 bridgehead atoms. The highest BCUT2D eigenvalue weighted by molar-refractivity contribution is 7.91. The Bertz CT molecular complexity index is 995. The summed E-state index contributed by atoms with van der Waals surface area (Å²) in [6.45, 7) is 1.28. The van der Waals surface area contributed by atoms with E-state index in [4.69, 9.17) is 5.11 Å². The monoisotopic (exact) mass is 360 g/mol. The van der Waals surface area contributed by atoms with Gasteiger partial charge in [0.25, 0.3) is 0 Å². The number of aromatic amines is 1. The van der Waals surface area contributed by atoms with Gasteiger partial charge < -0.3 is 5.11 Å². The highest BCUT2D eigenvalue weighted by atomic mass is 32.2. The van der Waals surface area contributed by atoms with Crippen LogP contribution < -0.4 is 0 Å². The van der Waals surface area contributed by atoms with Crippen molar-refractivity contribution in [1.29, 1.82) is 0 Å². The number of nitrogens with zero attached hydrogens (tertiary/aromatic N) is 1. The van der Waals surface area contributed by atoms with E-state index in [0.29, 0.717) is 11.3 Å². The molecule has 1 heterocycles. The molecule has 3 aromatic rings. The van der Waals surface area contributed by atoms with Gasteiger partial charge in [0.2, 0.25) is 0 Å². The molecule has 0 aliphatic heterocycles. The molecule has 7 heteroatoms. The average Bonchev–Trinajstić information content (AvgIpc) is 3.07. The fraction of sp³-hybridized carbons (Fsp3) is 0.167. The van der Waals surface area contributed by atoms with Gasteiger partial charge in [-0.1, -0.05) is 12.1 Å². The summed E-state index contributed by atoms with van der Waals surface area (Å²) in [5, 5.41) is 16.0. The van der Waals surface area contributed by atoms with Crippen molar-refractivity contribution in [3.05, 3.63) is 59.9 Å². The molecule has 0 unspecified atom stereocenters. The molecule has 2 N–H and O–H groups in total. The zero-order valence-electron chi connectivity index (χ0n) is 13.5. The number of aromatic nitrogens is 2. The molecule has 5 nitrogen and oxygen atoms in total. The second kappa shape index (κ2) is 6.78. The molecular weight excluding hydrogens is 343 g/mol. The van der Waals surface area contributed by atoms with Gasteiger partial charge in [0, 0.05) is 5.56 Å². The Morgan fingerprint density at radius 2 is 1.76 bits per heavy atom. The molecule has 0 saturated heterocycles. The Morgan fingerprint density at radius 1 is 1.08 bits per heavy atom. The Kier molecular flexibility index (Phi) is 4.69. The maximum Gasteiger partial charge on any atom is 0.180 e. The van der Waals surface area contributed by atoms with Crippen molar-refractivity contribution in [2.24, 2.45) is 0 Å². The van der Waals surface area contributed by atoms with Crippen LogP contribution in [0.3, 0.4) is 0 Å². The first kappa shape index (κ1) is 17.3. The lowest BCUT2D eigenvalue weighted by molar-refractivity contribution is 0.319. The van der Waals surface area contributed by atoms with Crippen LogP contribution in [0.4, 0.5) is 4.39 Å². The van der Waals surface area contributed by atoms with E-state index >= 15 is 0 Å². The molecule has 1 aromatic heterocycles. The van der Waals surface area contributed by atoms with Gasteiger partial charge in [0.05, 0.1) is 28.6 Å². The number of hydrogen-bond acceptors (Lipinski definition) is 4. The quantitative estimate of drug-likeness (QED) is 0.733. The fourth-order valence-electron chi connectivity index (χ4n) is 2.50. The second-order valence-electron chi connectivity index (χ2n) is 5.70. The van der Waals surface area contributed by atoms with Gasteiger partial charge in [0.15, 0.2) is 9.84 Å². The predicted octanol–water partition coefficient (Wildman–Crippen LogP) is 2.96. The Balaban J connectivity index is 1.88. The Hall–Kier alpha value is -2.51. The summed E-state index contributed by atoms with van der Waals surface area (Å²) in [7, 11) is -3.47. The molecule has 2 aromatic carbocycles. The molecule has 130 valence electrons. The lowest BCUT2D eigenvalue weighted by Crippen LogP contribution is -2.09. The number of aliphatic hydroxyl groups is 1. The van der Waals surface area contributed by atoms with E-state index in [0.717, 1.165) is 16.8 Å². The molecule has 0 aliphatic carbocycles. The van der Waals surface area contributed by atoms with Crippen LogP contribution >= 0.6 is 0 Å². The number of aryl methyl sites for hydroxylation is 1. The van der Waals surface area contributed by atoms with Crippen LogP contribution in [0.5, 0.6) is 0 Å². The van der Waals surface area contributed by atoms with Crippen molar-refractivity contribution in [3.8, 4) is 22.5 Å². The topological polar surface area (TPSA) is 83.0 Å². The van der Waals surface area contributed by atoms with E-state index in [9.17, 15) is 12.8 Å². The summed E-state index contributed by atoms with van der Waals surface area (Å²) < 4.78 is 37.2. The van der Waals surface area contributed by atoms with E-state index in [2.05, 4.69) is 10.2 Å². The Morgan fingerprint density at radius 3 is 2.40 bits per heavy atom. The minimum absolute atomic E-state index is 0.166. The van der Waals surface area contributed by atoms with Crippen molar-refractivity contribution in [2.45, 2.75) is 11.8 Å². The maximum absolute atomic E-state index is 13.4. The van der Waals surface area contributed by atoms with Gasteiger partial charge in [-0.3, -0.25) is 5.10 Å². The van der Waals surface area contributed by atoms with E-state index in [1.165, 1.54) is 18.2 Å². The number of rotatable bonds is 5. The number of H-pyrrole nitrogens is 1. The lowest BCUT2D eigenvalue weighted by Gasteiger charge is -2.03. The smallest absolute Gasteiger partial charge is 0.180 e. The van der Waals surface area contributed by atoms with E-state index in [1.54, 1.807) is 31.2 Å². The number of nitrogens with one attached hydrogen (secondary N) is 1. The van der Waals surface area contributed by atoms with Gasteiger partial charge in [-0.15, -0.1) is 0 Å². The molecule has 0 aliphatic rings. The van der Waals surface area contributed by atoms with Crippen LogP contribution in [-0.2, 0) is 9.84 Å². The second-order valence-corrected chi connectivity index (χ2v) is 7.81. The molecule has 0 spiro atoms. The molecule has 0 radical (unpaired) electrons. The van der Waals surface area contributed by atoms with Gasteiger partial charge in [0.1, 0.15) is 5.82 Å². The van der Waals surface area contributed by atoms with Crippen molar-refractivity contribution >= 4 is 9.84 Å². The number of halogens is 1. The first-order valence-electron chi connectivity index (χ1n) is 7.67.